The van der Waals surface area contributed by atoms with Gasteiger partial charge in [0, 0.05) is 5.54 Å². The number of rotatable bonds is 2. The van der Waals surface area contributed by atoms with E-state index < -0.39 is 0 Å². The number of hydrogen-bond acceptors (Lipinski definition) is 1. The lowest BCUT2D eigenvalue weighted by atomic mass is 9.86. The van der Waals surface area contributed by atoms with Crippen LogP contribution in [0.15, 0.2) is 18.2 Å². The Kier molecular flexibility index (Phi) is 3.01. The van der Waals surface area contributed by atoms with Crippen LogP contribution in [0.25, 0.3) is 0 Å². The highest BCUT2D eigenvalue weighted by Crippen LogP contribution is 2.27. The summed E-state index contributed by atoms with van der Waals surface area (Å²) < 4.78 is 0. The summed E-state index contributed by atoms with van der Waals surface area (Å²) in [5.74, 6) is 0.567. The van der Waals surface area contributed by atoms with Crippen molar-refractivity contribution in [3.8, 4) is 0 Å². The van der Waals surface area contributed by atoms with E-state index in [0.717, 1.165) is 0 Å². The van der Waals surface area contributed by atoms with Crippen LogP contribution in [0.3, 0.4) is 0 Å². The molecule has 0 radical (unpaired) electrons. The van der Waals surface area contributed by atoms with Gasteiger partial charge >= 0.3 is 0 Å². The molecule has 0 saturated carbocycles. The minimum absolute atomic E-state index is 0.241. The average molecular weight is 191 g/mol. The van der Waals surface area contributed by atoms with E-state index in [1.165, 1.54) is 16.7 Å². The molecule has 78 valence electrons. The fourth-order valence-corrected chi connectivity index (χ4v) is 1.98. The molecule has 2 N–H and O–H groups in total. The molecule has 0 heterocycles. The summed E-state index contributed by atoms with van der Waals surface area (Å²) in [5, 5.41) is 0. The second-order valence-electron chi connectivity index (χ2n) is 4.90. The van der Waals surface area contributed by atoms with E-state index in [1.807, 2.05) is 0 Å². The first-order valence-corrected chi connectivity index (χ1v) is 5.23. The molecule has 0 atom stereocenters. The molecule has 1 aromatic carbocycles. The Morgan fingerprint density at radius 1 is 1.21 bits per heavy atom. The molecule has 0 aliphatic carbocycles. The van der Waals surface area contributed by atoms with Gasteiger partial charge in [0.05, 0.1) is 0 Å². The van der Waals surface area contributed by atoms with Crippen molar-refractivity contribution in [1.29, 1.82) is 0 Å². The van der Waals surface area contributed by atoms with Gasteiger partial charge in [0.15, 0.2) is 0 Å². The van der Waals surface area contributed by atoms with Crippen molar-refractivity contribution in [2.45, 2.75) is 46.1 Å². The Balaban J connectivity index is 3.28. The van der Waals surface area contributed by atoms with Crippen molar-refractivity contribution >= 4 is 0 Å². The highest BCUT2D eigenvalue weighted by atomic mass is 14.7. The molecule has 1 nitrogen and oxygen atoms in total. The van der Waals surface area contributed by atoms with Gasteiger partial charge in [-0.3, -0.25) is 0 Å². The van der Waals surface area contributed by atoms with Crippen LogP contribution in [0.1, 0.15) is 50.3 Å². The maximum Gasteiger partial charge on any atom is 0.0355 e. The molecule has 0 bridgehead atoms. The number of benzene rings is 1. The van der Waals surface area contributed by atoms with Gasteiger partial charge in [0.2, 0.25) is 0 Å². The lowest BCUT2D eigenvalue weighted by Crippen LogP contribution is -2.29. The Morgan fingerprint density at radius 2 is 1.79 bits per heavy atom. The Bertz CT molecular complexity index is 318. The van der Waals surface area contributed by atoms with E-state index in [2.05, 4.69) is 52.8 Å². The zero-order chi connectivity index (χ0) is 10.9. The highest BCUT2D eigenvalue weighted by molar-refractivity contribution is 5.39. The molecule has 0 saturated heterocycles. The van der Waals surface area contributed by atoms with Crippen LogP contribution in [0, 0.1) is 6.92 Å². The molecule has 1 heteroatoms. The quantitative estimate of drug-likeness (QED) is 0.762. The third kappa shape index (κ3) is 2.16. The smallest absolute Gasteiger partial charge is 0.0355 e. The highest BCUT2D eigenvalue weighted by Gasteiger charge is 2.18. The third-order valence-corrected chi connectivity index (χ3v) is 2.69. The zero-order valence-corrected chi connectivity index (χ0v) is 9.89. The second kappa shape index (κ2) is 3.74. The summed E-state index contributed by atoms with van der Waals surface area (Å²) in [6, 6.07) is 6.42. The van der Waals surface area contributed by atoms with Gasteiger partial charge in [-0.05, 0) is 43.4 Å². The van der Waals surface area contributed by atoms with Crippen LogP contribution in [0.4, 0.5) is 0 Å². The largest absolute Gasteiger partial charge is 0.322 e. The molecule has 0 amide bonds. The summed E-state index contributed by atoms with van der Waals surface area (Å²) in [7, 11) is 0. The van der Waals surface area contributed by atoms with Crippen molar-refractivity contribution in [2.24, 2.45) is 5.73 Å². The first-order chi connectivity index (χ1) is 6.34. The third-order valence-electron chi connectivity index (χ3n) is 2.69. The zero-order valence-electron chi connectivity index (χ0n) is 9.89. The fraction of sp³-hybridized carbons (Fsp3) is 0.538. The molecule has 14 heavy (non-hydrogen) atoms. The SMILES string of the molecule is Cc1c(C(C)C)cccc1C(C)(C)N. The van der Waals surface area contributed by atoms with E-state index in [0.29, 0.717) is 5.92 Å². The van der Waals surface area contributed by atoms with Crippen molar-refractivity contribution in [3.63, 3.8) is 0 Å². The Hall–Kier alpha value is -0.820. The summed E-state index contributed by atoms with van der Waals surface area (Å²) >= 11 is 0. The van der Waals surface area contributed by atoms with Crippen molar-refractivity contribution in [2.75, 3.05) is 0 Å². The molecular formula is C13H21N. The first kappa shape index (κ1) is 11.3. The van der Waals surface area contributed by atoms with E-state index in [-0.39, 0.29) is 5.54 Å². The summed E-state index contributed by atoms with van der Waals surface area (Å²) in [6.45, 7) is 10.7. The number of nitrogens with two attached hydrogens (primary N) is 1. The average Bonchev–Trinajstić information content (AvgIpc) is 2.01. The van der Waals surface area contributed by atoms with E-state index in [1.54, 1.807) is 0 Å². The van der Waals surface area contributed by atoms with Crippen molar-refractivity contribution in [3.05, 3.63) is 34.9 Å². The standard InChI is InChI=1S/C13H21N/c1-9(2)11-7-6-8-12(10(11)3)13(4,5)14/h6-9H,14H2,1-5H3. The summed E-state index contributed by atoms with van der Waals surface area (Å²) in [5.41, 5.74) is 9.89. The molecule has 0 unspecified atom stereocenters. The normalized spacial score (nSPS) is 12.2. The molecule has 0 spiro atoms. The van der Waals surface area contributed by atoms with Crippen LogP contribution in [-0.2, 0) is 5.54 Å². The molecule has 0 aliphatic rings. The van der Waals surface area contributed by atoms with Gasteiger partial charge in [-0.25, -0.2) is 0 Å². The lowest BCUT2D eigenvalue weighted by Gasteiger charge is -2.24. The lowest BCUT2D eigenvalue weighted by molar-refractivity contribution is 0.549. The molecule has 1 rings (SSSR count). The van der Waals surface area contributed by atoms with Crippen molar-refractivity contribution < 1.29 is 0 Å². The topological polar surface area (TPSA) is 26.0 Å². The monoisotopic (exact) mass is 191 g/mol. The van der Waals surface area contributed by atoms with E-state index >= 15 is 0 Å². The Labute approximate surface area is 87.3 Å². The summed E-state index contributed by atoms with van der Waals surface area (Å²) in [6.07, 6.45) is 0. The summed E-state index contributed by atoms with van der Waals surface area (Å²) in [4.78, 5) is 0. The van der Waals surface area contributed by atoms with Gasteiger partial charge in [-0.15, -0.1) is 0 Å². The van der Waals surface area contributed by atoms with Crippen LogP contribution in [0.5, 0.6) is 0 Å². The number of hydrogen-bond donors (Lipinski definition) is 1. The van der Waals surface area contributed by atoms with Crippen LogP contribution < -0.4 is 5.73 Å². The van der Waals surface area contributed by atoms with Gasteiger partial charge < -0.3 is 5.73 Å². The van der Waals surface area contributed by atoms with Crippen LogP contribution in [-0.4, -0.2) is 0 Å². The van der Waals surface area contributed by atoms with Gasteiger partial charge in [0.25, 0.3) is 0 Å². The van der Waals surface area contributed by atoms with Crippen LogP contribution in [0.2, 0.25) is 0 Å². The van der Waals surface area contributed by atoms with Crippen LogP contribution >= 0.6 is 0 Å². The van der Waals surface area contributed by atoms with Crippen molar-refractivity contribution in [1.82, 2.24) is 0 Å². The first-order valence-electron chi connectivity index (χ1n) is 5.23. The second-order valence-corrected chi connectivity index (χ2v) is 4.90. The maximum atomic E-state index is 6.13. The predicted octanol–water partition coefficient (Wildman–Crippen LogP) is 3.31. The predicted molar refractivity (Wildman–Crippen MR) is 62.5 cm³/mol. The molecule has 1 aromatic rings. The van der Waals surface area contributed by atoms with E-state index in [4.69, 9.17) is 5.73 Å². The van der Waals surface area contributed by atoms with Gasteiger partial charge in [0.1, 0.15) is 0 Å². The molecule has 0 fully saturated rings. The minimum atomic E-state index is -0.241. The maximum absolute atomic E-state index is 6.13. The van der Waals surface area contributed by atoms with Gasteiger partial charge in [-0.1, -0.05) is 32.0 Å². The molecular weight excluding hydrogens is 170 g/mol. The molecule has 0 aliphatic heterocycles. The minimum Gasteiger partial charge on any atom is -0.322 e. The Morgan fingerprint density at radius 3 is 2.21 bits per heavy atom. The fourth-order valence-electron chi connectivity index (χ4n) is 1.98. The van der Waals surface area contributed by atoms with Gasteiger partial charge in [-0.2, -0.15) is 0 Å². The molecule has 0 aromatic heterocycles. The van der Waals surface area contributed by atoms with E-state index in [9.17, 15) is 0 Å².